The number of hydrogen-bond acceptors (Lipinski definition) is 14. The molecule has 0 radical (unpaired) electrons. The van der Waals surface area contributed by atoms with E-state index in [0.717, 1.165) is 20.8 Å². The van der Waals surface area contributed by atoms with Gasteiger partial charge in [0.25, 0.3) is 0 Å². The first-order valence-corrected chi connectivity index (χ1v) is 13.9. The molecule has 0 N–H and O–H groups in total. The Hall–Kier alpha value is -5.11. The van der Waals surface area contributed by atoms with Gasteiger partial charge in [-0.2, -0.15) is 0 Å². The highest BCUT2D eigenvalue weighted by molar-refractivity contribution is 5.83. The van der Waals surface area contributed by atoms with E-state index in [9.17, 15) is 24.0 Å². The zero-order valence-electron chi connectivity index (χ0n) is 24.8. The Morgan fingerprint density at radius 2 is 1.44 bits per heavy atom. The third-order valence-corrected chi connectivity index (χ3v) is 6.80. The molecule has 1 saturated heterocycles. The summed E-state index contributed by atoms with van der Waals surface area (Å²) in [6.45, 7) is 4.96. The second-order valence-electron chi connectivity index (χ2n) is 10.2. The summed E-state index contributed by atoms with van der Waals surface area (Å²) in [5.74, 6) is -1.73. The molecule has 5 rings (SSSR count). The molecular weight excluding hydrogens is 596 g/mol. The Morgan fingerprint density at radius 1 is 0.778 bits per heavy atom. The molecule has 0 aliphatic carbocycles. The number of rotatable bonds is 8. The first-order valence-electron chi connectivity index (χ1n) is 13.9. The van der Waals surface area contributed by atoms with Gasteiger partial charge in [-0.25, -0.2) is 0 Å². The van der Waals surface area contributed by atoms with Gasteiger partial charge in [-0.05, 0) is 29.8 Å². The molecule has 3 aromatic rings. The van der Waals surface area contributed by atoms with E-state index in [4.69, 9.17) is 42.3 Å². The minimum Gasteiger partial charge on any atom is -0.486 e. The predicted octanol–water partition coefficient (Wildman–Crippen LogP) is 2.69. The van der Waals surface area contributed by atoms with Crippen LogP contribution in [-0.4, -0.2) is 74.4 Å². The lowest BCUT2D eigenvalue weighted by Gasteiger charge is -2.43. The Morgan fingerprint density at radius 3 is 2.13 bits per heavy atom. The van der Waals surface area contributed by atoms with Crippen molar-refractivity contribution in [2.75, 3.05) is 19.8 Å². The number of hydrogen-bond donors (Lipinski definition) is 0. The topological polar surface area (TPSA) is 172 Å². The minimum absolute atomic E-state index is 0.124. The molecule has 1 fully saturated rings. The van der Waals surface area contributed by atoms with Gasteiger partial charge in [-0.1, -0.05) is 6.07 Å². The highest BCUT2D eigenvalue weighted by atomic mass is 16.7. The Balaban J connectivity index is 1.47. The summed E-state index contributed by atoms with van der Waals surface area (Å²) in [4.78, 5) is 61.1. The van der Waals surface area contributed by atoms with E-state index in [1.807, 2.05) is 0 Å². The molecule has 2 aromatic carbocycles. The zero-order chi connectivity index (χ0) is 32.2. The summed E-state index contributed by atoms with van der Waals surface area (Å²) in [6.07, 6.45) is -5.49. The van der Waals surface area contributed by atoms with Crippen LogP contribution in [0.1, 0.15) is 27.7 Å². The molecule has 1 aromatic heterocycles. The van der Waals surface area contributed by atoms with Crippen LogP contribution in [0.3, 0.4) is 0 Å². The maximum Gasteiger partial charge on any atom is 0.303 e. The summed E-state index contributed by atoms with van der Waals surface area (Å²) in [6, 6.07) is 9.54. The zero-order valence-corrected chi connectivity index (χ0v) is 24.8. The van der Waals surface area contributed by atoms with Crippen molar-refractivity contribution < 1.29 is 61.5 Å². The van der Waals surface area contributed by atoms with Crippen molar-refractivity contribution in [2.24, 2.45) is 0 Å². The Kier molecular flexibility index (Phi) is 9.23. The van der Waals surface area contributed by atoms with E-state index in [0.29, 0.717) is 35.8 Å². The van der Waals surface area contributed by atoms with Crippen molar-refractivity contribution in [3.8, 4) is 28.4 Å². The Labute approximate surface area is 256 Å². The minimum atomic E-state index is -1.45. The van der Waals surface area contributed by atoms with E-state index in [-0.39, 0.29) is 22.1 Å². The van der Waals surface area contributed by atoms with Crippen molar-refractivity contribution in [1.82, 2.24) is 0 Å². The van der Waals surface area contributed by atoms with Crippen LogP contribution < -0.4 is 19.6 Å². The lowest BCUT2D eigenvalue weighted by Crippen LogP contribution is -2.63. The molecule has 2 aliphatic rings. The van der Waals surface area contributed by atoms with Crippen LogP contribution >= 0.6 is 0 Å². The summed E-state index contributed by atoms with van der Waals surface area (Å²) in [7, 11) is 0. The number of carbonyl (C=O) groups is 4. The summed E-state index contributed by atoms with van der Waals surface area (Å²) >= 11 is 0. The number of carbonyl (C=O) groups excluding carboxylic acids is 4. The molecule has 14 heteroatoms. The second kappa shape index (κ2) is 13.3. The largest absolute Gasteiger partial charge is 0.486 e. The van der Waals surface area contributed by atoms with Crippen molar-refractivity contribution >= 4 is 34.8 Å². The number of fused-ring (bicyclic) bond motifs is 2. The van der Waals surface area contributed by atoms with Crippen molar-refractivity contribution in [3.05, 3.63) is 52.9 Å². The highest BCUT2D eigenvalue weighted by Crippen LogP contribution is 2.35. The summed E-state index contributed by atoms with van der Waals surface area (Å²) < 4.78 is 50.3. The van der Waals surface area contributed by atoms with Crippen LogP contribution in [0.5, 0.6) is 17.2 Å². The van der Waals surface area contributed by atoms with Gasteiger partial charge in [0.1, 0.15) is 43.5 Å². The third kappa shape index (κ3) is 7.17. The molecule has 0 spiro atoms. The van der Waals surface area contributed by atoms with Crippen LogP contribution in [-0.2, 0) is 42.9 Å². The van der Waals surface area contributed by atoms with Crippen LogP contribution in [0.15, 0.2) is 51.9 Å². The molecule has 2 aliphatic heterocycles. The molecule has 14 nitrogen and oxygen atoms in total. The van der Waals surface area contributed by atoms with Crippen LogP contribution in [0, 0.1) is 0 Å². The lowest BCUT2D eigenvalue weighted by atomic mass is 9.98. The van der Waals surface area contributed by atoms with Gasteiger partial charge >= 0.3 is 23.9 Å². The highest BCUT2D eigenvalue weighted by Gasteiger charge is 2.53. The monoisotopic (exact) mass is 626 g/mol. The number of ether oxygens (including phenoxy) is 8. The molecule has 0 saturated carbocycles. The van der Waals surface area contributed by atoms with Crippen LogP contribution in [0.25, 0.3) is 22.1 Å². The van der Waals surface area contributed by atoms with E-state index in [2.05, 4.69) is 0 Å². The van der Waals surface area contributed by atoms with E-state index >= 15 is 0 Å². The Bertz CT molecular complexity index is 1680. The first kappa shape index (κ1) is 31.3. The van der Waals surface area contributed by atoms with Gasteiger partial charge in [0.05, 0.1) is 10.9 Å². The quantitative estimate of drug-likeness (QED) is 0.264. The van der Waals surface area contributed by atoms with Crippen molar-refractivity contribution in [1.29, 1.82) is 0 Å². The fourth-order valence-electron chi connectivity index (χ4n) is 5.01. The van der Waals surface area contributed by atoms with E-state index < -0.39 is 61.2 Å². The standard InChI is InChI=1S/C31H30O14/c1-15(32)39-14-26-28(41-16(2)33)29(42-17(3)34)30(43-18(4)35)31(45-26)44-20-6-7-21-24(12-20)40-13-22(27(21)36)19-5-8-23-25(11-19)38-10-9-37-23/h5-8,11-13,26,28-31H,9-10,14H2,1-4H3/t26-,28-,29+,30+,31+/m1/s1. The van der Waals surface area contributed by atoms with Crippen LogP contribution in [0.4, 0.5) is 0 Å². The molecule has 0 amide bonds. The lowest BCUT2D eigenvalue weighted by molar-refractivity contribution is -0.288. The van der Waals surface area contributed by atoms with E-state index in [1.165, 1.54) is 31.4 Å². The summed E-state index contributed by atoms with van der Waals surface area (Å²) in [5, 5.41) is 0.247. The normalized spacial score (nSPS) is 22.2. The first-order chi connectivity index (χ1) is 21.5. The fourth-order valence-corrected chi connectivity index (χ4v) is 5.01. The van der Waals surface area contributed by atoms with Crippen molar-refractivity contribution in [2.45, 2.75) is 58.4 Å². The third-order valence-electron chi connectivity index (χ3n) is 6.80. The smallest absolute Gasteiger partial charge is 0.303 e. The van der Waals surface area contributed by atoms with Gasteiger partial charge in [-0.3, -0.25) is 24.0 Å². The molecular formula is C31H30O14. The fraction of sp³-hybridized carbons (Fsp3) is 0.387. The second-order valence-corrected chi connectivity index (χ2v) is 10.2. The number of benzene rings is 2. The predicted molar refractivity (Wildman–Crippen MR) is 151 cm³/mol. The van der Waals surface area contributed by atoms with Gasteiger partial charge in [0.15, 0.2) is 29.1 Å². The van der Waals surface area contributed by atoms with Gasteiger partial charge in [0, 0.05) is 33.8 Å². The van der Waals surface area contributed by atoms with Crippen molar-refractivity contribution in [3.63, 3.8) is 0 Å². The average Bonchev–Trinajstić information content (AvgIpc) is 2.98. The molecule has 3 heterocycles. The molecule has 238 valence electrons. The molecule has 45 heavy (non-hydrogen) atoms. The summed E-state index contributed by atoms with van der Waals surface area (Å²) in [5.41, 5.74) is 0.733. The maximum absolute atomic E-state index is 13.4. The average molecular weight is 627 g/mol. The van der Waals surface area contributed by atoms with Gasteiger partial charge in [0.2, 0.25) is 12.4 Å². The molecule has 5 atom stereocenters. The SMILES string of the molecule is CC(=O)OC[C@H]1O[C@H](Oc2ccc3c(=O)c(-c4ccc5c(c4)OCCO5)coc3c2)[C@@H](OC(C)=O)[C@@H](OC(C)=O)[C@@H]1OC(C)=O. The molecule has 0 bridgehead atoms. The maximum atomic E-state index is 13.4. The van der Waals surface area contributed by atoms with Gasteiger partial charge < -0.3 is 42.3 Å². The molecule has 0 unspecified atom stereocenters. The van der Waals surface area contributed by atoms with Gasteiger partial charge in [-0.15, -0.1) is 0 Å². The van der Waals surface area contributed by atoms with E-state index in [1.54, 1.807) is 18.2 Å². The number of esters is 4. The van der Waals surface area contributed by atoms with Crippen LogP contribution in [0.2, 0.25) is 0 Å².